The third kappa shape index (κ3) is 6.73. The van der Waals surface area contributed by atoms with Crippen molar-refractivity contribution in [3.05, 3.63) is 60.7 Å². The zero-order valence-electron chi connectivity index (χ0n) is 18.9. The highest BCUT2D eigenvalue weighted by molar-refractivity contribution is 7.79. The van der Waals surface area contributed by atoms with Gasteiger partial charge in [0.1, 0.15) is 19.0 Å². The summed E-state index contributed by atoms with van der Waals surface area (Å²) in [5, 5.41) is 11.0. The van der Waals surface area contributed by atoms with Gasteiger partial charge in [0.2, 0.25) is 0 Å². The van der Waals surface area contributed by atoms with Gasteiger partial charge >= 0.3 is 5.97 Å². The van der Waals surface area contributed by atoms with Crippen LogP contribution in [0.2, 0.25) is 13.1 Å². The molecule has 0 bridgehead atoms. The maximum atomic E-state index is 14.2. The second kappa shape index (κ2) is 10.5. The average Bonchev–Trinajstić information content (AvgIpc) is 2.70. The van der Waals surface area contributed by atoms with Gasteiger partial charge in [0.25, 0.3) is 0 Å². The summed E-state index contributed by atoms with van der Waals surface area (Å²) in [4.78, 5) is 25.2. The van der Waals surface area contributed by atoms with E-state index in [2.05, 4.69) is 0 Å². The monoisotopic (exact) mass is 460 g/mol. The summed E-state index contributed by atoms with van der Waals surface area (Å²) in [6.45, 7) is 9.58. The van der Waals surface area contributed by atoms with Crippen molar-refractivity contribution in [1.82, 2.24) is 0 Å². The first-order valence-corrected chi connectivity index (χ1v) is 15.2. The zero-order chi connectivity index (χ0) is 23.2. The highest BCUT2D eigenvalue weighted by Gasteiger charge is 2.40. The summed E-state index contributed by atoms with van der Waals surface area (Å²) in [7, 11) is -4.84. The molecule has 0 amide bonds. The van der Waals surface area contributed by atoms with Crippen molar-refractivity contribution in [3.8, 4) is 0 Å². The molecule has 0 radical (unpaired) electrons. The maximum absolute atomic E-state index is 14.2. The molecule has 0 aromatic heterocycles. The molecule has 31 heavy (non-hydrogen) atoms. The van der Waals surface area contributed by atoms with Crippen molar-refractivity contribution in [2.24, 2.45) is 11.3 Å². The molecule has 0 aliphatic heterocycles. The summed E-state index contributed by atoms with van der Waals surface area (Å²) in [5.74, 6) is -1.79. The van der Waals surface area contributed by atoms with Crippen molar-refractivity contribution in [2.75, 3.05) is 6.16 Å². The molecule has 2 atom stereocenters. The number of benzene rings is 2. The number of carboxylic acid groups (broad SMARTS) is 1. The van der Waals surface area contributed by atoms with E-state index in [-0.39, 0.29) is 18.4 Å². The van der Waals surface area contributed by atoms with Crippen molar-refractivity contribution in [3.63, 3.8) is 0 Å². The minimum Gasteiger partial charge on any atom is -0.479 e. The van der Waals surface area contributed by atoms with E-state index in [4.69, 9.17) is 4.43 Å². The van der Waals surface area contributed by atoms with Crippen molar-refractivity contribution < 1.29 is 23.7 Å². The molecule has 0 saturated carbocycles. The van der Waals surface area contributed by atoms with Gasteiger partial charge in [-0.3, -0.25) is 4.79 Å². The molecular formula is C24H33O5PSi. The van der Waals surface area contributed by atoms with Crippen LogP contribution in [0.5, 0.6) is 0 Å². The molecule has 0 aliphatic rings. The smallest absolute Gasteiger partial charge is 0.331 e. The van der Waals surface area contributed by atoms with E-state index < -0.39 is 39.6 Å². The number of ketones is 1. The van der Waals surface area contributed by atoms with Gasteiger partial charge in [-0.2, -0.15) is 0 Å². The number of aliphatic carboxylic acids is 1. The van der Waals surface area contributed by atoms with Gasteiger partial charge in [0.15, 0.2) is 9.04 Å². The van der Waals surface area contributed by atoms with E-state index >= 15 is 0 Å². The summed E-state index contributed by atoms with van der Waals surface area (Å²) < 4.78 is 20.0. The molecule has 2 rings (SSSR count). The fourth-order valence-corrected chi connectivity index (χ4v) is 7.20. The van der Waals surface area contributed by atoms with Crippen LogP contribution in [0.3, 0.4) is 0 Å². The molecule has 0 aliphatic carbocycles. The molecule has 0 saturated heterocycles. The predicted molar refractivity (Wildman–Crippen MR) is 129 cm³/mol. The number of carboxylic acids is 1. The molecule has 0 heterocycles. The number of carbonyl (C=O) groups is 2. The lowest BCUT2D eigenvalue weighted by Crippen LogP contribution is -2.43. The highest BCUT2D eigenvalue weighted by atomic mass is 31.2. The first kappa shape index (κ1) is 25.2. The molecule has 7 heteroatoms. The molecule has 0 fully saturated rings. The average molecular weight is 461 g/mol. The lowest BCUT2D eigenvalue weighted by molar-refractivity contribution is -0.151. The number of rotatable bonds is 10. The van der Waals surface area contributed by atoms with E-state index in [0.717, 1.165) is 0 Å². The van der Waals surface area contributed by atoms with Gasteiger partial charge in [0, 0.05) is 22.9 Å². The van der Waals surface area contributed by atoms with E-state index in [0.29, 0.717) is 10.6 Å². The van der Waals surface area contributed by atoms with E-state index in [9.17, 15) is 19.3 Å². The van der Waals surface area contributed by atoms with Crippen molar-refractivity contribution in [2.45, 2.75) is 46.4 Å². The van der Waals surface area contributed by atoms with Crippen LogP contribution >= 0.6 is 7.14 Å². The maximum Gasteiger partial charge on any atom is 0.331 e. The Morgan fingerprint density at radius 1 is 0.968 bits per heavy atom. The van der Waals surface area contributed by atoms with E-state index in [1.807, 2.05) is 70.3 Å². The Hall–Kier alpha value is -2.01. The minimum atomic E-state index is -3.20. The van der Waals surface area contributed by atoms with Crippen LogP contribution in [0.15, 0.2) is 60.7 Å². The Balaban J connectivity index is 2.38. The van der Waals surface area contributed by atoms with Crippen LogP contribution in [-0.4, -0.2) is 38.2 Å². The molecule has 5 nitrogen and oxygen atoms in total. The zero-order valence-corrected chi connectivity index (χ0v) is 21.0. The van der Waals surface area contributed by atoms with Crippen LogP contribution in [-0.2, 0) is 18.6 Å². The first-order valence-electron chi connectivity index (χ1n) is 10.6. The van der Waals surface area contributed by atoms with Crippen molar-refractivity contribution in [1.29, 1.82) is 0 Å². The van der Waals surface area contributed by atoms with Gasteiger partial charge in [-0.15, -0.1) is 0 Å². The van der Waals surface area contributed by atoms with Crippen LogP contribution in [0.4, 0.5) is 0 Å². The first-order chi connectivity index (χ1) is 14.4. The van der Waals surface area contributed by atoms with E-state index in [1.54, 1.807) is 24.3 Å². The quantitative estimate of drug-likeness (QED) is 0.427. The Morgan fingerprint density at radius 3 is 1.77 bits per heavy atom. The second-order valence-corrected chi connectivity index (χ2v) is 14.4. The fourth-order valence-electron chi connectivity index (χ4n) is 3.71. The third-order valence-corrected chi connectivity index (χ3v) is 9.23. The molecule has 2 aromatic rings. The number of carbonyl (C=O) groups excluding carboxylic acids is 1. The Labute approximate surface area is 186 Å². The highest BCUT2D eigenvalue weighted by Crippen LogP contribution is 2.44. The molecule has 168 valence electrons. The van der Waals surface area contributed by atoms with E-state index in [1.165, 1.54) is 0 Å². The van der Waals surface area contributed by atoms with Gasteiger partial charge in [-0.05, 0) is 18.5 Å². The van der Waals surface area contributed by atoms with Gasteiger partial charge in [0.05, 0.1) is 6.16 Å². The van der Waals surface area contributed by atoms with Crippen LogP contribution in [0.25, 0.3) is 0 Å². The summed E-state index contributed by atoms with van der Waals surface area (Å²) >= 11 is 0. The number of Topliss-reactive ketones (excluding diaryl/α,β-unsaturated/α-hetero) is 1. The Kier molecular flexibility index (Phi) is 8.58. The Morgan fingerprint density at radius 2 is 1.42 bits per heavy atom. The van der Waals surface area contributed by atoms with Gasteiger partial charge < -0.3 is 14.1 Å². The molecule has 1 unspecified atom stereocenters. The van der Waals surface area contributed by atoms with Gasteiger partial charge in [-0.1, -0.05) is 81.4 Å². The van der Waals surface area contributed by atoms with Crippen LogP contribution in [0, 0.1) is 11.3 Å². The predicted octanol–water partition coefficient (Wildman–Crippen LogP) is 4.08. The topological polar surface area (TPSA) is 80.7 Å². The summed E-state index contributed by atoms with van der Waals surface area (Å²) in [5.41, 5.74) is -0.467. The standard InChI is InChI=1S/C24H33O5PSi/c1-24(2,3)21(22(23(26)27)29-31(4)5)16-18(25)17-30(28,19-12-8-6-9-13-19)20-14-10-7-11-15-20/h6-15,21-22,31H,16-17H2,1-5H3,(H,26,27)/t21?,22-/m1/s1. The van der Waals surface area contributed by atoms with Crippen molar-refractivity contribution >= 4 is 38.5 Å². The lowest BCUT2D eigenvalue weighted by Gasteiger charge is -2.36. The lowest BCUT2D eigenvalue weighted by atomic mass is 9.74. The normalized spacial score (nSPS) is 14.3. The molecular weight excluding hydrogens is 427 g/mol. The number of hydrogen-bond acceptors (Lipinski definition) is 4. The largest absolute Gasteiger partial charge is 0.479 e. The summed E-state index contributed by atoms with van der Waals surface area (Å²) in [6, 6.07) is 18.1. The van der Waals surface area contributed by atoms with Gasteiger partial charge in [-0.25, -0.2) is 4.79 Å². The minimum absolute atomic E-state index is 0.00520. The molecule has 1 N–H and O–H groups in total. The SMILES string of the molecule is C[SiH](C)O[C@@H](C(=O)O)C(CC(=O)CP(=O)(c1ccccc1)c1ccccc1)C(C)(C)C. The summed E-state index contributed by atoms with van der Waals surface area (Å²) in [6.07, 6.45) is -1.19. The fraction of sp³-hybridized carbons (Fsp3) is 0.417. The molecule has 2 aromatic carbocycles. The molecule has 0 spiro atoms. The Bertz CT molecular complexity index is 878. The van der Waals surface area contributed by atoms with Crippen LogP contribution < -0.4 is 10.6 Å². The second-order valence-electron chi connectivity index (χ2n) is 9.23. The van der Waals surface area contributed by atoms with Crippen LogP contribution in [0.1, 0.15) is 27.2 Å². The third-order valence-electron chi connectivity index (χ3n) is 5.33. The number of hydrogen-bond donors (Lipinski definition) is 1.